The first kappa shape index (κ1) is 18.7. The Labute approximate surface area is 166 Å². The van der Waals surface area contributed by atoms with Gasteiger partial charge in [-0.25, -0.2) is 4.79 Å². The standard InChI is InChI=1S/C21H19NO7/c1-25-16-9-6-7-22-15-12(9)13(18(27-3)20(16)29-5)10-8-11(21(23)24)17(26-2)19(28-4)14(10)15/h6-8H,1-5H3,(H,23,24). The van der Waals surface area contributed by atoms with Crippen LogP contribution in [0, 0.1) is 0 Å². The molecule has 1 heterocycles. The van der Waals surface area contributed by atoms with E-state index in [-0.39, 0.29) is 11.3 Å². The van der Waals surface area contributed by atoms with E-state index >= 15 is 0 Å². The summed E-state index contributed by atoms with van der Waals surface area (Å²) in [6.45, 7) is 0. The van der Waals surface area contributed by atoms with Gasteiger partial charge >= 0.3 is 5.97 Å². The molecule has 0 bridgehead atoms. The van der Waals surface area contributed by atoms with E-state index in [0.717, 1.165) is 10.8 Å². The molecule has 8 nitrogen and oxygen atoms in total. The molecule has 0 fully saturated rings. The number of aromatic nitrogens is 1. The van der Waals surface area contributed by atoms with Gasteiger partial charge in [0.1, 0.15) is 5.56 Å². The van der Waals surface area contributed by atoms with Gasteiger partial charge in [0.2, 0.25) is 5.75 Å². The Balaban J connectivity index is 2.27. The number of pyridine rings is 1. The third-order valence-corrected chi connectivity index (χ3v) is 5.08. The number of rotatable bonds is 6. The van der Waals surface area contributed by atoms with Gasteiger partial charge in [0.05, 0.1) is 46.8 Å². The molecule has 1 aliphatic rings. The van der Waals surface area contributed by atoms with Gasteiger partial charge < -0.3 is 28.8 Å². The average molecular weight is 397 g/mol. The van der Waals surface area contributed by atoms with Crippen LogP contribution >= 0.6 is 0 Å². The monoisotopic (exact) mass is 397 g/mol. The second-order valence-electron chi connectivity index (χ2n) is 6.28. The summed E-state index contributed by atoms with van der Waals surface area (Å²) < 4.78 is 27.8. The fraction of sp³-hybridized carbons (Fsp3) is 0.238. The second-order valence-corrected chi connectivity index (χ2v) is 6.28. The molecule has 1 N–H and O–H groups in total. The number of methoxy groups -OCH3 is 5. The highest BCUT2D eigenvalue weighted by Gasteiger charge is 2.36. The Kier molecular flexibility index (Phi) is 4.34. The summed E-state index contributed by atoms with van der Waals surface area (Å²) in [5, 5.41) is 11.3. The number of aromatic carboxylic acids is 1. The van der Waals surface area contributed by atoms with Crippen LogP contribution in [-0.2, 0) is 0 Å². The molecular weight excluding hydrogens is 378 g/mol. The molecule has 150 valence electrons. The summed E-state index contributed by atoms with van der Waals surface area (Å²) in [6, 6.07) is 3.36. The highest BCUT2D eigenvalue weighted by molar-refractivity contribution is 6.21. The zero-order valence-electron chi connectivity index (χ0n) is 16.6. The lowest BCUT2D eigenvalue weighted by atomic mass is 9.98. The fourth-order valence-electron chi connectivity index (χ4n) is 4.01. The van der Waals surface area contributed by atoms with Gasteiger partial charge in [0, 0.05) is 28.1 Å². The van der Waals surface area contributed by atoms with E-state index in [1.54, 1.807) is 19.4 Å². The van der Waals surface area contributed by atoms with Crippen molar-refractivity contribution in [2.24, 2.45) is 0 Å². The first-order chi connectivity index (χ1) is 14.0. The van der Waals surface area contributed by atoms with Gasteiger partial charge in [0.25, 0.3) is 0 Å². The predicted octanol–water partition coefficient (Wildman–Crippen LogP) is 3.62. The number of hydrogen-bond acceptors (Lipinski definition) is 7. The number of ether oxygens (including phenoxy) is 5. The van der Waals surface area contributed by atoms with E-state index in [1.807, 2.05) is 6.07 Å². The van der Waals surface area contributed by atoms with E-state index in [2.05, 4.69) is 4.98 Å². The summed E-state index contributed by atoms with van der Waals surface area (Å²) >= 11 is 0. The van der Waals surface area contributed by atoms with Crippen LogP contribution in [0.25, 0.3) is 33.2 Å². The maximum Gasteiger partial charge on any atom is 0.339 e. The summed E-state index contributed by atoms with van der Waals surface area (Å²) in [5.74, 6) is 0.621. The molecule has 0 spiro atoms. The SMILES string of the molecule is COc1c(C(=O)O)cc2c(c1OC)-c1nccc3c(OC)c(OC)c(OC)c-2c13. The highest BCUT2D eigenvalue weighted by atomic mass is 16.5. The van der Waals surface area contributed by atoms with Gasteiger partial charge in [-0.1, -0.05) is 0 Å². The van der Waals surface area contributed by atoms with Crippen LogP contribution in [0.5, 0.6) is 28.7 Å². The van der Waals surface area contributed by atoms with Crippen LogP contribution in [0.3, 0.4) is 0 Å². The molecule has 0 saturated heterocycles. The van der Waals surface area contributed by atoms with E-state index in [1.165, 1.54) is 28.4 Å². The molecule has 0 atom stereocenters. The predicted molar refractivity (Wildman–Crippen MR) is 106 cm³/mol. The lowest BCUT2D eigenvalue weighted by molar-refractivity contribution is 0.0692. The van der Waals surface area contributed by atoms with Crippen LogP contribution in [0.2, 0.25) is 0 Å². The summed E-state index contributed by atoms with van der Waals surface area (Å²) in [6.07, 6.45) is 1.65. The minimum Gasteiger partial charge on any atom is -0.492 e. The molecule has 2 aromatic carbocycles. The van der Waals surface area contributed by atoms with Crippen molar-refractivity contribution in [3.05, 3.63) is 23.9 Å². The molecule has 8 heteroatoms. The number of carboxylic acid groups (broad SMARTS) is 1. The molecule has 4 rings (SSSR count). The summed E-state index contributed by atoms with van der Waals surface area (Å²) in [7, 11) is 7.46. The highest BCUT2D eigenvalue weighted by Crippen LogP contribution is 2.61. The molecule has 0 radical (unpaired) electrons. The molecule has 0 aliphatic heterocycles. The minimum atomic E-state index is -1.14. The van der Waals surface area contributed by atoms with Crippen molar-refractivity contribution in [2.45, 2.75) is 0 Å². The Morgan fingerprint density at radius 1 is 0.828 bits per heavy atom. The van der Waals surface area contributed by atoms with Crippen molar-refractivity contribution in [3.8, 4) is 51.1 Å². The van der Waals surface area contributed by atoms with Crippen molar-refractivity contribution in [1.29, 1.82) is 0 Å². The topological polar surface area (TPSA) is 96.3 Å². The molecule has 29 heavy (non-hydrogen) atoms. The number of fused-ring (bicyclic) bond motifs is 3. The lowest BCUT2D eigenvalue weighted by Crippen LogP contribution is -2.04. The van der Waals surface area contributed by atoms with E-state index in [4.69, 9.17) is 23.7 Å². The average Bonchev–Trinajstić information content (AvgIpc) is 3.07. The number of nitrogens with zero attached hydrogens (tertiary/aromatic N) is 1. The molecular formula is C21H19NO7. The van der Waals surface area contributed by atoms with Crippen molar-refractivity contribution in [3.63, 3.8) is 0 Å². The molecule has 0 saturated carbocycles. The molecule has 0 amide bonds. The Bertz CT molecular complexity index is 1170. The number of carbonyl (C=O) groups is 1. The Morgan fingerprint density at radius 2 is 1.41 bits per heavy atom. The Morgan fingerprint density at radius 3 is 1.97 bits per heavy atom. The maximum absolute atomic E-state index is 11.9. The Hall–Kier alpha value is -3.68. The fourth-order valence-corrected chi connectivity index (χ4v) is 4.01. The lowest BCUT2D eigenvalue weighted by Gasteiger charge is -2.18. The van der Waals surface area contributed by atoms with Crippen molar-refractivity contribution in [1.82, 2.24) is 4.98 Å². The molecule has 0 unspecified atom stereocenters. The molecule has 3 aromatic rings. The van der Waals surface area contributed by atoms with Gasteiger partial charge in [-0.2, -0.15) is 0 Å². The summed E-state index contributed by atoms with van der Waals surface area (Å²) in [5.41, 5.74) is 2.50. The van der Waals surface area contributed by atoms with Gasteiger partial charge in [-0.15, -0.1) is 0 Å². The van der Waals surface area contributed by atoms with Crippen molar-refractivity contribution in [2.75, 3.05) is 35.5 Å². The third kappa shape index (κ3) is 2.32. The zero-order chi connectivity index (χ0) is 20.9. The quantitative estimate of drug-likeness (QED) is 0.527. The first-order valence-corrected chi connectivity index (χ1v) is 8.67. The third-order valence-electron chi connectivity index (χ3n) is 5.08. The number of carboxylic acids is 1. The normalized spacial score (nSPS) is 11.2. The van der Waals surface area contributed by atoms with Crippen LogP contribution < -0.4 is 23.7 Å². The van der Waals surface area contributed by atoms with E-state index in [9.17, 15) is 9.90 Å². The number of hydrogen-bond donors (Lipinski definition) is 1. The van der Waals surface area contributed by atoms with Crippen molar-refractivity contribution < 1.29 is 33.6 Å². The van der Waals surface area contributed by atoms with Crippen LogP contribution in [-0.4, -0.2) is 51.6 Å². The summed E-state index contributed by atoms with van der Waals surface area (Å²) in [4.78, 5) is 16.5. The molecule has 1 aliphatic carbocycles. The van der Waals surface area contributed by atoms with Crippen LogP contribution in [0.15, 0.2) is 18.3 Å². The van der Waals surface area contributed by atoms with Gasteiger partial charge in [-0.3, -0.25) is 4.98 Å². The van der Waals surface area contributed by atoms with Crippen LogP contribution in [0.4, 0.5) is 0 Å². The maximum atomic E-state index is 11.9. The largest absolute Gasteiger partial charge is 0.492 e. The zero-order valence-corrected chi connectivity index (χ0v) is 16.6. The van der Waals surface area contributed by atoms with Gasteiger partial charge in [0.15, 0.2) is 23.0 Å². The van der Waals surface area contributed by atoms with Gasteiger partial charge in [-0.05, 0) is 12.1 Å². The molecule has 1 aromatic heterocycles. The smallest absolute Gasteiger partial charge is 0.339 e. The van der Waals surface area contributed by atoms with Crippen LogP contribution in [0.1, 0.15) is 10.4 Å². The van der Waals surface area contributed by atoms with Crippen molar-refractivity contribution >= 4 is 16.7 Å². The first-order valence-electron chi connectivity index (χ1n) is 8.67. The minimum absolute atomic E-state index is 0.0269. The second kappa shape index (κ2) is 6.73. The van der Waals surface area contributed by atoms with E-state index < -0.39 is 5.97 Å². The van der Waals surface area contributed by atoms with E-state index in [0.29, 0.717) is 45.4 Å². The number of benzene rings is 2.